The Hall–Kier alpha value is -2.50. The van der Waals surface area contributed by atoms with E-state index in [1.807, 2.05) is 40.7 Å². The van der Waals surface area contributed by atoms with E-state index in [9.17, 15) is 9.59 Å². The summed E-state index contributed by atoms with van der Waals surface area (Å²) in [5.74, 6) is 0.651. The van der Waals surface area contributed by atoms with Gasteiger partial charge in [-0.1, -0.05) is 0 Å². The monoisotopic (exact) mass is 346 g/mol. The molecule has 0 aliphatic heterocycles. The second-order valence-corrected chi connectivity index (χ2v) is 7.33. The Morgan fingerprint density at radius 2 is 1.88 bits per heavy atom. The molecule has 0 aliphatic rings. The maximum atomic E-state index is 12.8. The van der Waals surface area contributed by atoms with Crippen LogP contribution in [0.15, 0.2) is 23.0 Å². The van der Waals surface area contributed by atoms with E-state index in [4.69, 9.17) is 9.47 Å². The van der Waals surface area contributed by atoms with Crippen molar-refractivity contribution in [2.75, 3.05) is 7.11 Å². The van der Waals surface area contributed by atoms with E-state index in [0.29, 0.717) is 17.0 Å². The summed E-state index contributed by atoms with van der Waals surface area (Å²) in [6.45, 7) is 9.42. The molecule has 1 N–H and O–H groups in total. The summed E-state index contributed by atoms with van der Waals surface area (Å²) in [7, 11) is 3.18. The lowest BCUT2D eigenvalue weighted by atomic mass is 10.1. The van der Waals surface area contributed by atoms with Crippen molar-refractivity contribution in [2.45, 2.75) is 46.3 Å². The number of rotatable bonds is 4. The summed E-state index contributed by atoms with van der Waals surface area (Å²) in [6.07, 6.45) is -0.0848. The van der Waals surface area contributed by atoms with Crippen molar-refractivity contribution >= 4 is 16.8 Å². The van der Waals surface area contributed by atoms with E-state index in [1.54, 1.807) is 26.3 Å². The van der Waals surface area contributed by atoms with Gasteiger partial charge in [0.05, 0.1) is 18.7 Å². The molecule has 6 heteroatoms. The molecule has 0 atom stereocenters. The fraction of sp³-hybridized carbons (Fsp3) is 0.474. The van der Waals surface area contributed by atoms with Crippen molar-refractivity contribution in [2.24, 2.45) is 7.05 Å². The van der Waals surface area contributed by atoms with Crippen LogP contribution in [0.1, 0.15) is 45.0 Å². The summed E-state index contributed by atoms with van der Waals surface area (Å²) in [4.78, 5) is 25.2. The number of benzene rings is 1. The summed E-state index contributed by atoms with van der Waals surface area (Å²) in [6, 6.07) is 5.19. The first-order chi connectivity index (χ1) is 11.5. The average Bonchev–Trinajstić information content (AvgIpc) is 2.48. The van der Waals surface area contributed by atoms with Gasteiger partial charge in [-0.15, -0.1) is 0 Å². The zero-order valence-corrected chi connectivity index (χ0v) is 15.9. The van der Waals surface area contributed by atoms with Crippen molar-refractivity contribution in [1.29, 1.82) is 0 Å². The number of aromatic nitrogens is 1. The maximum absolute atomic E-state index is 12.8. The molecule has 1 aromatic heterocycles. The number of hydrogen-bond acceptors (Lipinski definition) is 4. The lowest BCUT2D eigenvalue weighted by Gasteiger charge is -2.21. The molecule has 0 bridgehead atoms. The number of carbonyl (C=O) groups is 1. The van der Waals surface area contributed by atoms with Crippen molar-refractivity contribution < 1.29 is 14.3 Å². The van der Waals surface area contributed by atoms with Crippen LogP contribution in [0.2, 0.25) is 0 Å². The standard InChI is InChI=1S/C19H26N2O4/c1-11(2)25-16-14(24-7)9-8-12-10-13(17(22)20-19(3,4)5)18(23)21(6)15(12)16/h8-11H,1-7H3,(H,20,22). The predicted octanol–water partition coefficient (Wildman–Crippen LogP) is 2.86. The minimum absolute atomic E-state index is 0.0848. The molecule has 0 saturated heterocycles. The summed E-state index contributed by atoms with van der Waals surface area (Å²) < 4.78 is 12.7. The third kappa shape index (κ3) is 3.95. The topological polar surface area (TPSA) is 69.6 Å². The number of nitrogens with zero attached hydrogens (tertiary/aromatic N) is 1. The van der Waals surface area contributed by atoms with Crippen LogP contribution < -0.4 is 20.3 Å². The second-order valence-electron chi connectivity index (χ2n) is 7.33. The van der Waals surface area contributed by atoms with Gasteiger partial charge in [-0.3, -0.25) is 9.59 Å². The molecular weight excluding hydrogens is 320 g/mol. The van der Waals surface area contributed by atoms with Gasteiger partial charge < -0.3 is 19.4 Å². The molecule has 1 aromatic carbocycles. The zero-order chi connectivity index (χ0) is 18.9. The number of amides is 1. The minimum atomic E-state index is -0.428. The fourth-order valence-electron chi connectivity index (χ4n) is 2.61. The van der Waals surface area contributed by atoms with Crippen LogP contribution >= 0.6 is 0 Å². The molecule has 2 aromatic rings. The van der Waals surface area contributed by atoms with E-state index < -0.39 is 11.4 Å². The molecule has 25 heavy (non-hydrogen) atoms. The van der Waals surface area contributed by atoms with Crippen LogP contribution in [0.5, 0.6) is 11.5 Å². The van der Waals surface area contributed by atoms with Crippen LogP contribution in [0.25, 0.3) is 10.9 Å². The van der Waals surface area contributed by atoms with Gasteiger partial charge in [0, 0.05) is 18.0 Å². The highest BCUT2D eigenvalue weighted by Crippen LogP contribution is 2.35. The molecule has 0 saturated carbocycles. The normalized spacial score (nSPS) is 11.7. The molecular formula is C19H26N2O4. The van der Waals surface area contributed by atoms with Gasteiger partial charge >= 0.3 is 0 Å². The van der Waals surface area contributed by atoms with Gasteiger partial charge in [0.1, 0.15) is 5.56 Å². The van der Waals surface area contributed by atoms with E-state index in [1.165, 1.54) is 4.57 Å². The van der Waals surface area contributed by atoms with Gasteiger partial charge in [-0.25, -0.2) is 0 Å². The van der Waals surface area contributed by atoms with Crippen LogP contribution in [-0.4, -0.2) is 29.2 Å². The number of carbonyl (C=O) groups excluding carboxylic acids is 1. The van der Waals surface area contributed by atoms with Crippen molar-refractivity contribution in [3.63, 3.8) is 0 Å². The fourth-order valence-corrected chi connectivity index (χ4v) is 2.61. The second kappa shape index (κ2) is 6.78. The van der Waals surface area contributed by atoms with E-state index in [-0.39, 0.29) is 17.2 Å². The zero-order valence-electron chi connectivity index (χ0n) is 15.9. The van der Waals surface area contributed by atoms with E-state index in [0.717, 1.165) is 5.39 Å². The number of pyridine rings is 1. The Kier molecular flexibility index (Phi) is 5.11. The smallest absolute Gasteiger partial charge is 0.263 e. The van der Waals surface area contributed by atoms with E-state index in [2.05, 4.69) is 5.32 Å². The van der Waals surface area contributed by atoms with Gasteiger partial charge in [-0.05, 0) is 52.8 Å². The lowest BCUT2D eigenvalue weighted by Crippen LogP contribution is -2.43. The lowest BCUT2D eigenvalue weighted by molar-refractivity contribution is 0.0917. The molecule has 6 nitrogen and oxygen atoms in total. The molecule has 1 amide bonds. The Bertz CT molecular complexity index is 860. The first-order valence-corrected chi connectivity index (χ1v) is 8.25. The average molecular weight is 346 g/mol. The van der Waals surface area contributed by atoms with Crippen LogP contribution in [0.3, 0.4) is 0 Å². The van der Waals surface area contributed by atoms with Gasteiger partial charge in [0.15, 0.2) is 11.5 Å². The van der Waals surface area contributed by atoms with Gasteiger partial charge in [0.2, 0.25) is 0 Å². The molecule has 2 rings (SSSR count). The van der Waals surface area contributed by atoms with Crippen molar-refractivity contribution in [3.8, 4) is 11.5 Å². The molecule has 0 spiro atoms. The largest absolute Gasteiger partial charge is 0.493 e. The highest BCUT2D eigenvalue weighted by Gasteiger charge is 2.22. The highest BCUT2D eigenvalue weighted by atomic mass is 16.5. The third-order valence-corrected chi connectivity index (χ3v) is 3.60. The van der Waals surface area contributed by atoms with Gasteiger partial charge in [-0.2, -0.15) is 0 Å². The van der Waals surface area contributed by atoms with Gasteiger partial charge in [0.25, 0.3) is 11.5 Å². The Morgan fingerprint density at radius 3 is 2.40 bits per heavy atom. The molecule has 0 aliphatic carbocycles. The minimum Gasteiger partial charge on any atom is -0.493 e. The molecule has 136 valence electrons. The third-order valence-electron chi connectivity index (χ3n) is 3.60. The van der Waals surface area contributed by atoms with Crippen LogP contribution in [-0.2, 0) is 7.05 Å². The maximum Gasteiger partial charge on any atom is 0.263 e. The Balaban J connectivity index is 2.72. The van der Waals surface area contributed by atoms with Crippen LogP contribution in [0, 0.1) is 0 Å². The molecule has 1 heterocycles. The molecule has 0 radical (unpaired) electrons. The quantitative estimate of drug-likeness (QED) is 0.924. The first kappa shape index (κ1) is 18.8. The van der Waals surface area contributed by atoms with Crippen molar-refractivity contribution in [1.82, 2.24) is 9.88 Å². The number of nitrogens with one attached hydrogen (secondary N) is 1. The Morgan fingerprint density at radius 1 is 1.24 bits per heavy atom. The number of ether oxygens (including phenoxy) is 2. The summed E-state index contributed by atoms with van der Waals surface area (Å²) in [5, 5.41) is 3.56. The number of fused-ring (bicyclic) bond motifs is 1. The Labute approximate surface area is 147 Å². The summed E-state index contributed by atoms with van der Waals surface area (Å²) in [5.41, 5.74) is -0.102. The first-order valence-electron chi connectivity index (χ1n) is 8.25. The SMILES string of the molecule is COc1ccc2cc(C(=O)NC(C)(C)C)c(=O)n(C)c2c1OC(C)C. The number of methoxy groups -OCH3 is 1. The van der Waals surface area contributed by atoms with Crippen molar-refractivity contribution in [3.05, 3.63) is 34.1 Å². The summed E-state index contributed by atoms with van der Waals surface area (Å²) >= 11 is 0. The molecule has 0 fully saturated rings. The van der Waals surface area contributed by atoms with Crippen LogP contribution in [0.4, 0.5) is 0 Å². The highest BCUT2D eigenvalue weighted by molar-refractivity contribution is 5.99. The predicted molar refractivity (Wildman–Crippen MR) is 98.7 cm³/mol. The number of hydrogen-bond donors (Lipinski definition) is 1. The van der Waals surface area contributed by atoms with E-state index >= 15 is 0 Å². The molecule has 0 unspecified atom stereocenters. The number of aryl methyl sites for hydroxylation is 1.